The fourth-order valence-corrected chi connectivity index (χ4v) is 3.91. The molecule has 1 fully saturated rings. The van der Waals surface area contributed by atoms with Crippen LogP contribution in [0.2, 0.25) is 0 Å². The van der Waals surface area contributed by atoms with Crippen LogP contribution in [0.25, 0.3) is 11.0 Å². The summed E-state index contributed by atoms with van der Waals surface area (Å²) in [5.74, 6) is 0.547. The van der Waals surface area contributed by atoms with Crippen LogP contribution in [0.4, 0.5) is 5.82 Å². The van der Waals surface area contributed by atoms with Crippen LogP contribution in [-0.4, -0.2) is 54.5 Å². The average Bonchev–Trinajstić information content (AvgIpc) is 2.99. The van der Waals surface area contributed by atoms with Crippen LogP contribution in [0.3, 0.4) is 0 Å². The van der Waals surface area contributed by atoms with Crippen molar-refractivity contribution in [2.75, 3.05) is 37.7 Å². The Bertz CT molecular complexity index is 1070. The maximum Gasteiger partial charge on any atom is 0.339 e. The Hall–Kier alpha value is -3.35. The molecule has 2 aromatic heterocycles. The van der Waals surface area contributed by atoms with E-state index in [4.69, 9.17) is 9.15 Å². The summed E-state index contributed by atoms with van der Waals surface area (Å²) in [5, 5.41) is 1.00. The molecular weight excluding hydrogens is 394 g/mol. The molecule has 4 rings (SSSR count). The lowest BCUT2D eigenvalue weighted by Crippen LogP contribution is -2.36. The Morgan fingerprint density at radius 3 is 2.77 bits per heavy atom. The highest BCUT2D eigenvalue weighted by Crippen LogP contribution is 2.23. The van der Waals surface area contributed by atoms with E-state index in [1.807, 2.05) is 36.1 Å². The van der Waals surface area contributed by atoms with Crippen molar-refractivity contribution in [3.05, 3.63) is 59.5 Å². The molecule has 1 aliphatic heterocycles. The van der Waals surface area contributed by atoms with Gasteiger partial charge in [-0.1, -0.05) is 12.1 Å². The van der Waals surface area contributed by atoms with Crippen molar-refractivity contribution in [3.63, 3.8) is 0 Å². The van der Waals surface area contributed by atoms with Crippen LogP contribution < -0.4 is 4.90 Å². The third-order valence-electron chi connectivity index (χ3n) is 5.58. The van der Waals surface area contributed by atoms with Gasteiger partial charge in [0.25, 0.3) is 0 Å². The van der Waals surface area contributed by atoms with Crippen molar-refractivity contribution in [2.24, 2.45) is 0 Å². The highest BCUT2D eigenvalue weighted by molar-refractivity contribution is 5.89. The van der Waals surface area contributed by atoms with Gasteiger partial charge in [-0.25, -0.2) is 9.78 Å². The predicted molar refractivity (Wildman–Crippen MR) is 118 cm³/mol. The summed E-state index contributed by atoms with van der Waals surface area (Å²) in [7, 11) is 0. The molecule has 7 nitrogen and oxygen atoms in total. The lowest BCUT2D eigenvalue weighted by Gasteiger charge is -2.23. The van der Waals surface area contributed by atoms with Gasteiger partial charge in [-0.15, -0.1) is 0 Å². The number of carbonyl (C=O) groups is 2. The van der Waals surface area contributed by atoms with Crippen molar-refractivity contribution in [1.29, 1.82) is 0 Å². The Morgan fingerprint density at radius 1 is 1.13 bits per heavy atom. The minimum Gasteiger partial charge on any atom is -0.464 e. The number of anilines is 1. The molecule has 3 aromatic rings. The lowest BCUT2D eigenvalue weighted by atomic mass is 10.1. The largest absolute Gasteiger partial charge is 0.464 e. The highest BCUT2D eigenvalue weighted by Gasteiger charge is 2.21. The summed E-state index contributed by atoms with van der Waals surface area (Å²) in [6, 6.07) is 9.62. The number of ether oxygens (including phenoxy) is 1. The summed E-state index contributed by atoms with van der Waals surface area (Å²) >= 11 is 0. The van der Waals surface area contributed by atoms with E-state index >= 15 is 0 Å². The van der Waals surface area contributed by atoms with Crippen molar-refractivity contribution < 1.29 is 18.7 Å². The maximum atomic E-state index is 13.0. The van der Waals surface area contributed by atoms with Crippen molar-refractivity contribution in [2.45, 2.75) is 26.7 Å². The first-order chi connectivity index (χ1) is 15.0. The van der Waals surface area contributed by atoms with Crippen LogP contribution in [0.1, 0.15) is 34.8 Å². The number of esters is 1. The molecule has 0 saturated carbocycles. The Kier molecular flexibility index (Phi) is 6.21. The molecule has 0 N–H and O–H groups in total. The van der Waals surface area contributed by atoms with E-state index in [1.165, 1.54) is 0 Å². The van der Waals surface area contributed by atoms with E-state index in [-0.39, 0.29) is 11.9 Å². The van der Waals surface area contributed by atoms with Gasteiger partial charge in [-0.2, -0.15) is 0 Å². The molecule has 0 bridgehead atoms. The van der Waals surface area contributed by atoms with Gasteiger partial charge in [0, 0.05) is 43.3 Å². The topological polar surface area (TPSA) is 75.9 Å². The van der Waals surface area contributed by atoms with Crippen LogP contribution >= 0.6 is 0 Å². The van der Waals surface area contributed by atoms with Gasteiger partial charge in [-0.05, 0) is 44.0 Å². The smallest absolute Gasteiger partial charge is 0.339 e. The third-order valence-corrected chi connectivity index (χ3v) is 5.58. The first-order valence-corrected chi connectivity index (χ1v) is 10.7. The number of benzene rings is 1. The summed E-state index contributed by atoms with van der Waals surface area (Å²) in [6.45, 7) is 6.99. The Morgan fingerprint density at radius 2 is 2.00 bits per heavy atom. The lowest BCUT2D eigenvalue weighted by molar-refractivity contribution is -0.130. The molecule has 1 saturated heterocycles. The first-order valence-electron chi connectivity index (χ1n) is 10.7. The zero-order valence-electron chi connectivity index (χ0n) is 18.0. The van der Waals surface area contributed by atoms with Gasteiger partial charge in [0.05, 0.1) is 24.9 Å². The Balaban J connectivity index is 1.38. The van der Waals surface area contributed by atoms with E-state index < -0.39 is 0 Å². The second-order valence-electron chi connectivity index (χ2n) is 7.78. The van der Waals surface area contributed by atoms with Gasteiger partial charge in [0.1, 0.15) is 11.4 Å². The highest BCUT2D eigenvalue weighted by atomic mass is 16.5. The van der Waals surface area contributed by atoms with Gasteiger partial charge in [0.15, 0.2) is 0 Å². The number of carbonyl (C=O) groups excluding carboxylic acids is 2. The standard InChI is InChI=1S/C24H27N3O4/c1-3-30-24(29)18-6-8-22(25-15-18)26-9-4-10-27(12-11-26)23(28)14-19-16-31-21-13-17(2)5-7-20(19)21/h5-8,13,15-16H,3-4,9-12,14H2,1-2H3. The Labute approximate surface area is 181 Å². The molecule has 0 spiro atoms. The molecule has 0 radical (unpaired) electrons. The quantitative estimate of drug-likeness (QED) is 0.586. The number of fused-ring (bicyclic) bond motifs is 1. The van der Waals surface area contributed by atoms with Gasteiger partial charge in [0.2, 0.25) is 5.91 Å². The molecule has 7 heteroatoms. The van der Waals surface area contributed by atoms with Crippen LogP contribution in [-0.2, 0) is 16.0 Å². The zero-order valence-corrected chi connectivity index (χ0v) is 18.0. The number of aromatic nitrogens is 1. The fourth-order valence-electron chi connectivity index (χ4n) is 3.91. The summed E-state index contributed by atoms with van der Waals surface area (Å²) in [5.41, 5.74) is 3.33. The fraction of sp³-hybridized carbons (Fsp3) is 0.375. The van der Waals surface area contributed by atoms with Crippen LogP contribution in [0.5, 0.6) is 0 Å². The molecular formula is C24H27N3O4. The molecule has 0 unspecified atom stereocenters. The van der Waals surface area contributed by atoms with Crippen molar-refractivity contribution >= 4 is 28.7 Å². The minimum absolute atomic E-state index is 0.107. The average molecular weight is 421 g/mol. The maximum absolute atomic E-state index is 13.0. The van der Waals surface area contributed by atoms with E-state index in [0.717, 1.165) is 40.9 Å². The van der Waals surface area contributed by atoms with Crippen molar-refractivity contribution in [1.82, 2.24) is 9.88 Å². The van der Waals surface area contributed by atoms with Gasteiger partial charge >= 0.3 is 5.97 Å². The van der Waals surface area contributed by atoms with E-state index in [2.05, 4.69) is 9.88 Å². The van der Waals surface area contributed by atoms with E-state index in [9.17, 15) is 9.59 Å². The summed E-state index contributed by atoms with van der Waals surface area (Å²) < 4.78 is 10.6. The van der Waals surface area contributed by atoms with Gasteiger partial charge in [-0.3, -0.25) is 4.79 Å². The number of furan rings is 1. The molecule has 162 valence electrons. The second kappa shape index (κ2) is 9.20. The number of aryl methyl sites for hydroxylation is 1. The second-order valence-corrected chi connectivity index (χ2v) is 7.78. The molecule has 1 amide bonds. The third kappa shape index (κ3) is 4.71. The zero-order chi connectivity index (χ0) is 21.8. The first kappa shape index (κ1) is 20.9. The number of pyridine rings is 1. The molecule has 0 atom stereocenters. The molecule has 0 aliphatic carbocycles. The predicted octanol–water partition coefficient (Wildman–Crippen LogP) is 3.59. The summed E-state index contributed by atoms with van der Waals surface area (Å²) in [4.78, 5) is 33.3. The number of hydrogen-bond donors (Lipinski definition) is 0. The number of rotatable bonds is 5. The SMILES string of the molecule is CCOC(=O)c1ccc(N2CCCN(C(=O)Cc3coc4cc(C)ccc34)CC2)nc1. The van der Waals surface area contributed by atoms with Crippen molar-refractivity contribution in [3.8, 4) is 0 Å². The number of hydrogen-bond acceptors (Lipinski definition) is 6. The molecule has 31 heavy (non-hydrogen) atoms. The monoisotopic (exact) mass is 421 g/mol. The van der Waals surface area contributed by atoms with Gasteiger partial charge < -0.3 is 19.0 Å². The normalized spacial score (nSPS) is 14.5. The van der Waals surface area contributed by atoms with Crippen LogP contribution in [0, 0.1) is 6.92 Å². The van der Waals surface area contributed by atoms with Crippen LogP contribution in [0.15, 0.2) is 47.2 Å². The molecule has 1 aromatic carbocycles. The van der Waals surface area contributed by atoms with E-state index in [0.29, 0.717) is 38.2 Å². The minimum atomic E-state index is -0.365. The summed E-state index contributed by atoms with van der Waals surface area (Å²) in [6.07, 6.45) is 4.44. The number of amides is 1. The number of nitrogens with zero attached hydrogens (tertiary/aromatic N) is 3. The molecule has 3 heterocycles. The molecule has 1 aliphatic rings. The van der Waals surface area contributed by atoms with E-state index in [1.54, 1.807) is 25.5 Å².